The Bertz CT molecular complexity index is 822. The summed E-state index contributed by atoms with van der Waals surface area (Å²) in [6.45, 7) is 5.54. The standard InChI is InChI=1S/C23H30N4O3.HI/c1-2-24-23(26-15-14-25-22(29)18-8-10-19(28)11-9-18)27-16-12-21(13-17-27)30-20-6-4-3-5-7-20;/h3-11,21,28H,2,12-17H2,1H3,(H,24,26)(H,25,29);1H. The molecule has 1 amide bonds. The van der Waals surface area contributed by atoms with E-state index in [0.29, 0.717) is 18.7 Å². The number of halogens is 1. The number of likely N-dealkylation sites (tertiary alicyclic amines) is 1. The Labute approximate surface area is 200 Å². The highest BCUT2D eigenvalue weighted by atomic mass is 127. The molecule has 0 aliphatic carbocycles. The number of aromatic hydroxyl groups is 1. The maximum absolute atomic E-state index is 12.1. The van der Waals surface area contributed by atoms with Crippen molar-refractivity contribution in [2.24, 2.45) is 4.99 Å². The number of piperidine rings is 1. The lowest BCUT2D eigenvalue weighted by Gasteiger charge is -2.34. The average Bonchev–Trinajstić information content (AvgIpc) is 2.77. The van der Waals surface area contributed by atoms with E-state index < -0.39 is 0 Å². The van der Waals surface area contributed by atoms with Gasteiger partial charge in [-0.1, -0.05) is 18.2 Å². The van der Waals surface area contributed by atoms with Crippen LogP contribution in [0.1, 0.15) is 30.1 Å². The third-order valence-corrected chi connectivity index (χ3v) is 4.91. The van der Waals surface area contributed by atoms with Crippen LogP contribution < -0.4 is 15.4 Å². The van der Waals surface area contributed by atoms with Crippen molar-refractivity contribution in [3.05, 3.63) is 60.2 Å². The number of phenols is 1. The smallest absolute Gasteiger partial charge is 0.251 e. The zero-order valence-corrected chi connectivity index (χ0v) is 20.1. The molecule has 0 atom stereocenters. The lowest BCUT2D eigenvalue weighted by Crippen LogP contribution is -2.47. The summed E-state index contributed by atoms with van der Waals surface area (Å²) in [5, 5.41) is 15.5. The number of amides is 1. The summed E-state index contributed by atoms with van der Waals surface area (Å²) < 4.78 is 6.07. The Morgan fingerprint density at radius 1 is 1.10 bits per heavy atom. The highest BCUT2D eigenvalue weighted by molar-refractivity contribution is 14.0. The topological polar surface area (TPSA) is 86.2 Å². The van der Waals surface area contributed by atoms with Crippen LogP contribution in [-0.4, -0.2) is 60.7 Å². The van der Waals surface area contributed by atoms with Crippen LogP contribution in [0.15, 0.2) is 59.6 Å². The van der Waals surface area contributed by atoms with Crippen LogP contribution in [0.25, 0.3) is 0 Å². The fourth-order valence-electron chi connectivity index (χ4n) is 3.35. The van der Waals surface area contributed by atoms with Gasteiger partial charge in [-0.15, -0.1) is 24.0 Å². The number of rotatable bonds is 7. The molecule has 168 valence electrons. The van der Waals surface area contributed by atoms with Crippen molar-refractivity contribution in [1.29, 1.82) is 0 Å². The van der Waals surface area contributed by atoms with E-state index in [2.05, 4.69) is 20.5 Å². The number of nitrogens with one attached hydrogen (secondary N) is 2. The van der Waals surface area contributed by atoms with Gasteiger partial charge in [0.25, 0.3) is 5.91 Å². The quantitative estimate of drug-likeness (QED) is 0.218. The summed E-state index contributed by atoms with van der Waals surface area (Å²) in [6, 6.07) is 16.1. The first-order valence-electron chi connectivity index (χ1n) is 10.5. The summed E-state index contributed by atoms with van der Waals surface area (Å²) in [6.07, 6.45) is 2.10. The van der Waals surface area contributed by atoms with E-state index in [1.807, 2.05) is 37.3 Å². The van der Waals surface area contributed by atoms with Crippen LogP contribution >= 0.6 is 24.0 Å². The van der Waals surface area contributed by atoms with Crippen molar-refractivity contribution in [1.82, 2.24) is 15.5 Å². The van der Waals surface area contributed by atoms with Gasteiger partial charge in [-0.3, -0.25) is 9.79 Å². The zero-order valence-electron chi connectivity index (χ0n) is 17.8. The lowest BCUT2D eigenvalue weighted by atomic mass is 10.1. The molecule has 1 aliphatic heterocycles. The number of guanidine groups is 1. The fraction of sp³-hybridized carbons (Fsp3) is 0.391. The second kappa shape index (κ2) is 13.0. The number of hydrogen-bond acceptors (Lipinski definition) is 4. The Morgan fingerprint density at radius 2 is 1.77 bits per heavy atom. The summed E-state index contributed by atoms with van der Waals surface area (Å²) in [7, 11) is 0. The number of phenolic OH excluding ortho intramolecular Hbond substituents is 1. The Morgan fingerprint density at radius 3 is 2.42 bits per heavy atom. The molecule has 0 radical (unpaired) electrons. The van der Waals surface area contributed by atoms with Crippen molar-refractivity contribution in [2.45, 2.75) is 25.9 Å². The van der Waals surface area contributed by atoms with E-state index in [9.17, 15) is 9.90 Å². The molecule has 0 bridgehead atoms. The van der Waals surface area contributed by atoms with E-state index in [4.69, 9.17) is 4.74 Å². The van der Waals surface area contributed by atoms with Crippen LogP contribution in [0, 0.1) is 0 Å². The molecule has 0 spiro atoms. The van der Waals surface area contributed by atoms with Gasteiger partial charge in [0.2, 0.25) is 0 Å². The molecular weight excluding hydrogens is 507 g/mol. The molecular formula is C23H31IN4O3. The number of carbonyl (C=O) groups excluding carboxylic acids is 1. The Hall–Kier alpha value is -2.49. The molecule has 1 fully saturated rings. The van der Waals surface area contributed by atoms with Gasteiger partial charge < -0.3 is 25.4 Å². The number of benzene rings is 2. The SMILES string of the molecule is CCNC(=NCCNC(=O)c1ccc(O)cc1)N1CCC(Oc2ccccc2)CC1.I. The molecule has 7 nitrogen and oxygen atoms in total. The van der Waals surface area contributed by atoms with Gasteiger partial charge in [0, 0.05) is 44.6 Å². The third kappa shape index (κ3) is 7.93. The summed E-state index contributed by atoms with van der Waals surface area (Å²) in [5.74, 6) is 1.76. The predicted octanol–water partition coefficient (Wildman–Crippen LogP) is 3.25. The van der Waals surface area contributed by atoms with Crippen LogP contribution in [0.2, 0.25) is 0 Å². The van der Waals surface area contributed by atoms with Gasteiger partial charge in [-0.2, -0.15) is 0 Å². The van der Waals surface area contributed by atoms with Gasteiger partial charge in [0.15, 0.2) is 5.96 Å². The van der Waals surface area contributed by atoms with Crippen LogP contribution in [0.5, 0.6) is 11.5 Å². The number of nitrogens with zero attached hydrogens (tertiary/aromatic N) is 2. The van der Waals surface area contributed by atoms with E-state index in [1.165, 1.54) is 12.1 Å². The molecule has 0 unspecified atom stereocenters. The second-order valence-corrected chi connectivity index (χ2v) is 7.16. The van der Waals surface area contributed by atoms with Gasteiger partial charge in [0.05, 0.1) is 6.54 Å². The van der Waals surface area contributed by atoms with Crippen molar-refractivity contribution in [3.8, 4) is 11.5 Å². The zero-order chi connectivity index (χ0) is 21.2. The van der Waals surface area contributed by atoms with Crippen molar-refractivity contribution >= 4 is 35.8 Å². The maximum atomic E-state index is 12.1. The Balaban J connectivity index is 0.00000341. The first kappa shape index (κ1) is 24.8. The average molecular weight is 538 g/mol. The van der Waals surface area contributed by atoms with E-state index in [1.54, 1.807) is 12.1 Å². The number of para-hydroxylation sites is 1. The van der Waals surface area contributed by atoms with Gasteiger partial charge in [0.1, 0.15) is 17.6 Å². The van der Waals surface area contributed by atoms with Crippen molar-refractivity contribution in [2.75, 3.05) is 32.7 Å². The molecule has 0 aromatic heterocycles. The highest BCUT2D eigenvalue weighted by Gasteiger charge is 2.22. The predicted molar refractivity (Wildman–Crippen MR) is 133 cm³/mol. The molecule has 1 aliphatic rings. The molecule has 2 aromatic rings. The third-order valence-electron chi connectivity index (χ3n) is 4.91. The van der Waals surface area contributed by atoms with Crippen molar-refractivity contribution < 1.29 is 14.6 Å². The molecule has 1 saturated heterocycles. The number of hydrogen-bond donors (Lipinski definition) is 3. The van der Waals surface area contributed by atoms with Crippen molar-refractivity contribution in [3.63, 3.8) is 0 Å². The van der Waals surface area contributed by atoms with Gasteiger partial charge in [-0.25, -0.2) is 0 Å². The van der Waals surface area contributed by atoms with Crippen LogP contribution in [0.4, 0.5) is 0 Å². The van der Waals surface area contributed by atoms with Crippen LogP contribution in [0.3, 0.4) is 0 Å². The fourth-order valence-corrected chi connectivity index (χ4v) is 3.35. The first-order chi connectivity index (χ1) is 14.7. The maximum Gasteiger partial charge on any atom is 0.251 e. The normalized spacial score (nSPS) is 14.5. The summed E-state index contributed by atoms with van der Waals surface area (Å²) in [5.41, 5.74) is 0.518. The van der Waals surface area contributed by atoms with E-state index in [0.717, 1.165) is 44.2 Å². The Kier molecular flexibility index (Phi) is 10.4. The minimum Gasteiger partial charge on any atom is -0.508 e. The molecule has 3 rings (SSSR count). The molecule has 8 heteroatoms. The number of carbonyl (C=O) groups is 1. The second-order valence-electron chi connectivity index (χ2n) is 7.16. The van der Waals surface area contributed by atoms with Gasteiger partial charge in [-0.05, 0) is 43.3 Å². The summed E-state index contributed by atoms with van der Waals surface area (Å²) >= 11 is 0. The summed E-state index contributed by atoms with van der Waals surface area (Å²) in [4.78, 5) is 19.0. The monoisotopic (exact) mass is 538 g/mol. The molecule has 0 saturated carbocycles. The highest BCUT2D eigenvalue weighted by Crippen LogP contribution is 2.18. The first-order valence-corrected chi connectivity index (χ1v) is 10.5. The minimum absolute atomic E-state index is 0. The number of aliphatic imine (C=N–C) groups is 1. The minimum atomic E-state index is -0.172. The molecule has 1 heterocycles. The molecule has 2 aromatic carbocycles. The van der Waals surface area contributed by atoms with E-state index in [-0.39, 0.29) is 41.7 Å². The molecule has 3 N–H and O–H groups in total. The van der Waals surface area contributed by atoms with E-state index >= 15 is 0 Å². The molecule has 31 heavy (non-hydrogen) atoms. The number of ether oxygens (including phenoxy) is 1. The van der Waals surface area contributed by atoms with Gasteiger partial charge >= 0.3 is 0 Å². The lowest BCUT2D eigenvalue weighted by molar-refractivity contribution is 0.0954. The van der Waals surface area contributed by atoms with Crippen LogP contribution in [-0.2, 0) is 0 Å². The largest absolute Gasteiger partial charge is 0.508 e.